The Hall–Kier alpha value is -4.12. The molecule has 0 amide bonds. The van der Waals surface area contributed by atoms with Crippen LogP contribution >= 0.6 is 11.6 Å². The smallest absolute Gasteiger partial charge is 0.355 e. The first kappa shape index (κ1) is 20.2. The molecule has 1 atom stereocenters. The predicted octanol–water partition coefficient (Wildman–Crippen LogP) is 2.56. The second kappa shape index (κ2) is 7.95. The molecule has 4 rings (SSSR count). The number of benzene rings is 2. The molecule has 156 valence electrons. The number of non-ortho nitro benzene ring substituents is 1. The van der Waals surface area contributed by atoms with Crippen molar-refractivity contribution in [3.8, 4) is 0 Å². The van der Waals surface area contributed by atoms with Crippen LogP contribution in [-0.2, 0) is 9.53 Å². The van der Waals surface area contributed by atoms with Gasteiger partial charge < -0.3 is 10.1 Å². The number of rotatable bonds is 5. The largest absolute Gasteiger partial charge is 0.464 e. The molecule has 0 fully saturated rings. The number of ether oxygens (including phenoxy) is 1. The second-order valence-corrected chi connectivity index (χ2v) is 6.88. The van der Waals surface area contributed by atoms with Gasteiger partial charge in [-0.3, -0.25) is 14.9 Å². The zero-order chi connectivity index (χ0) is 22.1. The van der Waals surface area contributed by atoms with Crippen LogP contribution in [0.3, 0.4) is 0 Å². The van der Waals surface area contributed by atoms with Crippen molar-refractivity contribution in [2.24, 2.45) is 0 Å². The van der Waals surface area contributed by atoms with Crippen molar-refractivity contribution in [2.45, 2.75) is 6.04 Å². The topological polar surface area (TPSA) is 142 Å². The number of halogens is 1. The number of methoxy groups -OCH3 is 1. The summed E-state index contributed by atoms with van der Waals surface area (Å²) in [6.45, 7) is 0. The van der Waals surface area contributed by atoms with Crippen LogP contribution in [-0.4, -0.2) is 44.0 Å². The number of nitrogens with zero attached hydrogens (tertiary/aromatic N) is 5. The van der Waals surface area contributed by atoms with Gasteiger partial charge in [-0.15, -0.1) is 0 Å². The molecular weight excluding hydrogens is 428 g/mol. The summed E-state index contributed by atoms with van der Waals surface area (Å²) >= 11 is 5.92. The number of nitrogens with one attached hydrogen (secondary N) is 1. The number of hydrogen-bond donors (Lipinski definition) is 1. The third kappa shape index (κ3) is 3.62. The van der Waals surface area contributed by atoms with Gasteiger partial charge in [0, 0.05) is 22.7 Å². The number of allylic oxidation sites excluding steroid dienone is 1. The highest BCUT2D eigenvalue weighted by molar-refractivity contribution is 6.30. The number of fused-ring (bicyclic) bond motifs is 1. The van der Waals surface area contributed by atoms with E-state index in [1.807, 2.05) is 0 Å². The quantitative estimate of drug-likeness (QED) is 0.274. The van der Waals surface area contributed by atoms with Gasteiger partial charge in [0.05, 0.1) is 17.6 Å². The van der Waals surface area contributed by atoms with Crippen molar-refractivity contribution >= 4 is 35.0 Å². The zero-order valence-electron chi connectivity index (χ0n) is 15.9. The normalized spacial score (nSPS) is 15.1. The molecule has 11 nitrogen and oxygen atoms in total. The number of hydrogen-bond acceptors (Lipinski definition) is 9. The van der Waals surface area contributed by atoms with E-state index >= 15 is 0 Å². The molecule has 0 radical (unpaired) electrons. The van der Waals surface area contributed by atoms with E-state index in [0.717, 1.165) is 0 Å². The zero-order valence-corrected chi connectivity index (χ0v) is 16.6. The van der Waals surface area contributed by atoms with Crippen LogP contribution in [0, 0.1) is 10.1 Å². The van der Waals surface area contributed by atoms with E-state index in [1.54, 1.807) is 6.07 Å². The Morgan fingerprint density at radius 1 is 1.23 bits per heavy atom. The van der Waals surface area contributed by atoms with Gasteiger partial charge in [0.2, 0.25) is 5.95 Å². The molecule has 0 spiro atoms. The lowest BCUT2D eigenvalue weighted by atomic mass is 9.89. The molecule has 2 aromatic carbocycles. The van der Waals surface area contributed by atoms with E-state index in [1.165, 1.54) is 54.3 Å². The Morgan fingerprint density at radius 3 is 2.65 bits per heavy atom. The molecule has 0 saturated carbocycles. The Morgan fingerprint density at radius 2 is 1.97 bits per heavy atom. The number of Topliss-reactive ketones (excluding diaryl/α,β-unsaturated/α-hetero) is 1. The summed E-state index contributed by atoms with van der Waals surface area (Å²) in [5.41, 5.74) is 0.191. The minimum atomic E-state index is -1.02. The van der Waals surface area contributed by atoms with Crippen LogP contribution in [0.4, 0.5) is 11.6 Å². The summed E-state index contributed by atoms with van der Waals surface area (Å²) in [4.78, 5) is 36.8. The van der Waals surface area contributed by atoms with Crippen LogP contribution in [0.25, 0.3) is 0 Å². The molecule has 1 aromatic heterocycles. The highest BCUT2D eigenvalue weighted by Crippen LogP contribution is 2.37. The molecule has 3 aromatic rings. The van der Waals surface area contributed by atoms with Crippen molar-refractivity contribution in [3.63, 3.8) is 0 Å². The molecule has 2 heterocycles. The monoisotopic (exact) mass is 440 g/mol. The van der Waals surface area contributed by atoms with E-state index in [-0.39, 0.29) is 28.5 Å². The maximum absolute atomic E-state index is 13.5. The summed E-state index contributed by atoms with van der Waals surface area (Å²) in [7, 11) is 1.17. The molecule has 0 unspecified atom stereocenters. The highest BCUT2D eigenvalue weighted by Gasteiger charge is 2.39. The van der Waals surface area contributed by atoms with E-state index in [0.29, 0.717) is 10.6 Å². The number of carbonyl (C=O) groups excluding carboxylic acids is 2. The van der Waals surface area contributed by atoms with Crippen LogP contribution in [0.1, 0.15) is 22.0 Å². The fourth-order valence-electron chi connectivity index (χ4n) is 3.26. The fourth-order valence-corrected chi connectivity index (χ4v) is 3.39. The predicted molar refractivity (Wildman–Crippen MR) is 107 cm³/mol. The van der Waals surface area contributed by atoms with Crippen LogP contribution in [0.15, 0.2) is 59.8 Å². The summed E-state index contributed by atoms with van der Waals surface area (Å²) in [5.74, 6) is -1.27. The van der Waals surface area contributed by atoms with E-state index < -0.39 is 22.7 Å². The number of carbonyl (C=O) groups is 2. The van der Waals surface area contributed by atoms with Crippen molar-refractivity contribution < 1.29 is 19.2 Å². The van der Waals surface area contributed by atoms with Crippen molar-refractivity contribution in [1.29, 1.82) is 0 Å². The summed E-state index contributed by atoms with van der Waals surface area (Å²) < 4.78 is 6.12. The fraction of sp³-hybridized carbons (Fsp3) is 0.105. The maximum atomic E-state index is 13.5. The van der Waals surface area contributed by atoms with Gasteiger partial charge in [-0.05, 0) is 40.3 Å². The lowest BCUT2D eigenvalue weighted by molar-refractivity contribution is -0.384. The van der Waals surface area contributed by atoms with Crippen molar-refractivity contribution in [2.75, 3.05) is 12.4 Å². The number of ketones is 1. The Labute approximate surface area is 179 Å². The first-order valence-electron chi connectivity index (χ1n) is 8.82. The summed E-state index contributed by atoms with van der Waals surface area (Å²) in [6, 6.07) is 10.7. The SMILES string of the molecule is COC(=O)C1=C(C(=O)c2ccc(Cl)cc2)[C@H](c2cccc([N+](=O)[O-])c2)n2nnnc2N1. The van der Waals surface area contributed by atoms with E-state index in [9.17, 15) is 19.7 Å². The molecule has 1 aliphatic heterocycles. The second-order valence-electron chi connectivity index (χ2n) is 6.44. The van der Waals surface area contributed by atoms with Gasteiger partial charge in [-0.1, -0.05) is 28.8 Å². The lowest BCUT2D eigenvalue weighted by Crippen LogP contribution is -2.33. The number of tetrazole rings is 1. The van der Waals surface area contributed by atoms with Gasteiger partial charge >= 0.3 is 5.97 Å². The van der Waals surface area contributed by atoms with Crippen LogP contribution in [0.2, 0.25) is 5.02 Å². The summed E-state index contributed by atoms with van der Waals surface area (Å²) in [6.07, 6.45) is 0. The van der Waals surface area contributed by atoms with Gasteiger partial charge in [-0.25, -0.2) is 4.79 Å². The minimum Gasteiger partial charge on any atom is -0.464 e. The van der Waals surface area contributed by atoms with Crippen LogP contribution < -0.4 is 5.32 Å². The molecular formula is C19H13ClN6O5. The standard InChI is InChI=1S/C19H13ClN6O5/c1-31-18(28)15-14(17(27)10-5-7-12(20)8-6-10)16(25-19(21-15)22-23-24-25)11-3-2-4-13(9-11)26(29)30/h2-9,16H,1H3,(H,21,22,24)/t16-/m0/s1. The van der Waals surface area contributed by atoms with Crippen molar-refractivity contribution in [1.82, 2.24) is 20.2 Å². The number of anilines is 1. The average molecular weight is 441 g/mol. The Kier molecular flexibility index (Phi) is 5.17. The van der Waals surface area contributed by atoms with Crippen LogP contribution in [0.5, 0.6) is 0 Å². The average Bonchev–Trinajstić information content (AvgIpc) is 3.25. The number of nitro groups is 1. The van der Waals surface area contributed by atoms with Gasteiger partial charge in [0.1, 0.15) is 11.7 Å². The molecule has 1 N–H and O–H groups in total. The first-order valence-corrected chi connectivity index (χ1v) is 9.20. The van der Waals surface area contributed by atoms with E-state index in [4.69, 9.17) is 16.3 Å². The number of aromatic nitrogens is 4. The van der Waals surface area contributed by atoms with Gasteiger partial charge in [0.15, 0.2) is 5.78 Å². The summed E-state index contributed by atoms with van der Waals surface area (Å²) in [5, 5.41) is 25.8. The highest BCUT2D eigenvalue weighted by atomic mass is 35.5. The van der Waals surface area contributed by atoms with Crippen molar-refractivity contribution in [3.05, 3.63) is 86.1 Å². The molecule has 12 heteroatoms. The number of nitro benzene ring substituents is 1. The molecule has 0 aliphatic carbocycles. The third-order valence-electron chi connectivity index (χ3n) is 4.65. The lowest BCUT2D eigenvalue weighted by Gasteiger charge is -2.28. The third-order valence-corrected chi connectivity index (χ3v) is 4.91. The van der Waals surface area contributed by atoms with E-state index in [2.05, 4.69) is 20.8 Å². The molecule has 0 saturated heterocycles. The molecule has 31 heavy (non-hydrogen) atoms. The van der Waals surface area contributed by atoms with Gasteiger partial charge in [-0.2, -0.15) is 4.68 Å². The van der Waals surface area contributed by atoms with Gasteiger partial charge in [0.25, 0.3) is 5.69 Å². The Bertz CT molecular complexity index is 1240. The molecule has 1 aliphatic rings. The Balaban J connectivity index is 1.96. The first-order chi connectivity index (χ1) is 14.9. The minimum absolute atomic E-state index is 0.0329. The maximum Gasteiger partial charge on any atom is 0.355 e. The molecule has 0 bridgehead atoms. The number of esters is 1.